The maximum absolute atomic E-state index is 10.1. The van der Waals surface area contributed by atoms with Gasteiger partial charge in [0.25, 0.3) is 0 Å². The van der Waals surface area contributed by atoms with Gasteiger partial charge in [-0.3, -0.25) is 0 Å². The van der Waals surface area contributed by atoms with Crippen LogP contribution in [0.4, 0.5) is 4.79 Å². The smallest absolute Gasteiger partial charge is 0.407 e. The number of hydrogen-bond acceptors (Lipinski definition) is 1. The first-order valence-corrected chi connectivity index (χ1v) is 9.39. The summed E-state index contributed by atoms with van der Waals surface area (Å²) < 4.78 is 0. The van der Waals surface area contributed by atoms with Gasteiger partial charge in [-0.2, -0.15) is 0 Å². The number of carbonyl (C=O) groups is 1. The van der Waals surface area contributed by atoms with E-state index in [9.17, 15) is 4.79 Å². The SMILES string of the molecule is C[CH2][Zn][CH2]C.O=C(O)N1CCCC1. The number of rotatable bonds is 2. The van der Waals surface area contributed by atoms with E-state index in [4.69, 9.17) is 5.11 Å². The maximum atomic E-state index is 10.1. The Balaban J connectivity index is 0.000000252. The van der Waals surface area contributed by atoms with Crippen LogP contribution in [-0.2, 0) is 17.1 Å². The topological polar surface area (TPSA) is 40.5 Å². The number of amides is 1. The van der Waals surface area contributed by atoms with Crippen LogP contribution in [0.15, 0.2) is 0 Å². The molecule has 1 rings (SSSR count). The quantitative estimate of drug-likeness (QED) is 0.752. The van der Waals surface area contributed by atoms with E-state index in [0.29, 0.717) is 0 Å². The van der Waals surface area contributed by atoms with E-state index in [0.717, 1.165) is 25.9 Å². The fourth-order valence-electron chi connectivity index (χ4n) is 1.26. The van der Waals surface area contributed by atoms with Gasteiger partial charge in [-0.1, -0.05) is 0 Å². The van der Waals surface area contributed by atoms with Crippen molar-refractivity contribution < 1.29 is 27.0 Å². The van der Waals surface area contributed by atoms with Crippen molar-refractivity contribution in [3.8, 4) is 0 Å². The predicted octanol–water partition coefficient (Wildman–Crippen LogP) is 2.71. The number of nitrogens with zero attached hydrogens (tertiary/aromatic N) is 1. The van der Waals surface area contributed by atoms with Crippen LogP contribution in [-0.4, -0.2) is 29.2 Å². The third-order valence-corrected chi connectivity index (χ3v) is 5.05. The van der Waals surface area contributed by atoms with Crippen molar-refractivity contribution in [1.82, 2.24) is 4.90 Å². The van der Waals surface area contributed by atoms with E-state index in [2.05, 4.69) is 13.8 Å². The summed E-state index contributed by atoms with van der Waals surface area (Å²) >= 11 is 0.0972. The first-order valence-electron chi connectivity index (χ1n) is 5.20. The molecule has 0 unspecified atom stereocenters. The van der Waals surface area contributed by atoms with Gasteiger partial charge < -0.3 is 10.0 Å². The average molecular weight is 239 g/mol. The zero-order valence-corrected chi connectivity index (χ0v) is 11.7. The fraction of sp³-hybridized carbons (Fsp3) is 0.889. The Labute approximate surface area is 88.1 Å². The van der Waals surface area contributed by atoms with E-state index in [1.165, 1.54) is 14.9 Å². The summed E-state index contributed by atoms with van der Waals surface area (Å²) in [7, 11) is 0. The van der Waals surface area contributed by atoms with Gasteiger partial charge in [0, 0.05) is 13.1 Å². The molecule has 1 saturated heterocycles. The monoisotopic (exact) mass is 237 g/mol. The fourth-order valence-corrected chi connectivity index (χ4v) is 2.75. The molecule has 0 spiro atoms. The molecule has 1 N–H and O–H groups in total. The van der Waals surface area contributed by atoms with E-state index in [1.54, 1.807) is 0 Å². The third kappa shape index (κ3) is 7.00. The summed E-state index contributed by atoms with van der Waals surface area (Å²) in [5, 5.41) is 11.4. The maximum Gasteiger partial charge on any atom is 0.407 e. The van der Waals surface area contributed by atoms with Crippen LogP contribution >= 0.6 is 0 Å². The zero-order chi connectivity index (χ0) is 10.1. The second kappa shape index (κ2) is 8.49. The molecule has 74 valence electrons. The Morgan fingerprint density at radius 2 is 1.77 bits per heavy atom. The van der Waals surface area contributed by atoms with Gasteiger partial charge in [0.05, 0.1) is 0 Å². The molecule has 1 heterocycles. The molecule has 0 aromatic rings. The second-order valence-corrected chi connectivity index (χ2v) is 9.01. The van der Waals surface area contributed by atoms with Gasteiger partial charge >= 0.3 is 47.1 Å². The minimum Gasteiger partial charge on any atom is -0.465 e. The van der Waals surface area contributed by atoms with Crippen molar-refractivity contribution in [1.29, 1.82) is 0 Å². The van der Waals surface area contributed by atoms with Crippen LogP contribution in [0.2, 0.25) is 10.0 Å². The molecule has 0 atom stereocenters. The second-order valence-electron chi connectivity index (χ2n) is 3.33. The minimum absolute atomic E-state index is 0.0972. The molecule has 4 heteroatoms. The summed E-state index contributed by atoms with van der Waals surface area (Å²) in [5.74, 6) is 0. The minimum atomic E-state index is -0.775. The molecule has 0 aliphatic carbocycles. The summed E-state index contributed by atoms with van der Waals surface area (Å²) in [6.45, 7) is 6.05. The third-order valence-electron chi connectivity index (χ3n) is 2.08. The largest absolute Gasteiger partial charge is 0.465 e. The van der Waals surface area contributed by atoms with Gasteiger partial charge in [0.1, 0.15) is 0 Å². The first-order chi connectivity index (χ1) is 6.22. The van der Waals surface area contributed by atoms with Gasteiger partial charge in [-0.05, 0) is 12.8 Å². The molecule has 13 heavy (non-hydrogen) atoms. The van der Waals surface area contributed by atoms with Crippen LogP contribution in [0.3, 0.4) is 0 Å². The molecule has 1 aliphatic rings. The molecule has 1 fully saturated rings. The number of hydrogen-bond donors (Lipinski definition) is 1. The Bertz CT molecular complexity index is 134. The molecule has 1 amide bonds. The van der Waals surface area contributed by atoms with Gasteiger partial charge in [-0.25, -0.2) is 4.79 Å². The van der Waals surface area contributed by atoms with E-state index >= 15 is 0 Å². The van der Waals surface area contributed by atoms with Crippen molar-refractivity contribution in [3.05, 3.63) is 0 Å². The number of likely N-dealkylation sites (tertiary alicyclic amines) is 1. The van der Waals surface area contributed by atoms with Crippen molar-refractivity contribution in [2.45, 2.75) is 36.7 Å². The molecule has 0 aromatic heterocycles. The molecular weight excluding hydrogens is 219 g/mol. The van der Waals surface area contributed by atoms with Crippen LogP contribution < -0.4 is 0 Å². The van der Waals surface area contributed by atoms with E-state index in [-0.39, 0.29) is 17.1 Å². The zero-order valence-electron chi connectivity index (χ0n) is 8.75. The van der Waals surface area contributed by atoms with Crippen molar-refractivity contribution >= 4 is 6.09 Å². The Morgan fingerprint density at radius 3 is 1.92 bits per heavy atom. The van der Waals surface area contributed by atoms with Crippen LogP contribution in [0.5, 0.6) is 0 Å². The number of carboxylic acid groups (broad SMARTS) is 1. The predicted molar refractivity (Wildman–Crippen MR) is 49.8 cm³/mol. The van der Waals surface area contributed by atoms with Crippen LogP contribution in [0, 0.1) is 0 Å². The molecular formula is C9H19NO2Zn. The first kappa shape index (κ1) is 12.9. The summed E-state index contributed by atoms with van der Waals surface area (Å²) in [5.41, 5.74) is 0. The standard InChI is InChI=1S/C5H9NO2.2C2H5.Zn/c7-5(8)6-3-1-2-4-6;2*1-2;/h1-4H2,(H,7,8);2*1H2,2H3;. The molecule has 0 saturated carbocycles. The Kier molecular flexibility index (Phi) is 8.42. The van der Waals surface area contributed by atoms with E-state index < -0.39 is 6.09 Å². The molecule has 0 bridgehead atoms. The van der Waals surface area contributed by atoms with Crippen LogP contribution in [0.25, 0.3) is 0 Å². The molecule has 1 aliphatic heterocycles. The van der Waals surface area contributed by atoms with Crippen molar-refractivity contribution in [3.63, 3.8) is 0 Å². The normalized spacial score (nSPS) is 14.5. The summed E-state index contributed by atoms with van der Waals surface area (Å²) in [6.07, 6.45) is 1.29. The van der Waals surface area contributed by atoms with Gasteiger partial charge in [0.2, 0.25) is 0 Å². The Hall–Kier alpha value is -0.107. The van der Waals surface area contributed by atoms with Crippen LogP contribution in [0.1, 0.15) is 26.7 Å². The molecule has 0 aromatic carbocycles. The van der Waals surface area contributed by atoms with E-state index in [1.807, 2.05) is 0 Å². The van der Waals surface area contributed by atoms with Crippen molar-refractivity contribution in [2.75, 3.05) is 13.1 Å². The van der Waals surface area contributed by atoms with Gasteiger partial charge in [0.15, 0.2) is 0 Å². The Morgan fingerprint density at radius 1 is 1.31 bits per heavy atom. The average Bonchev–Trinajstić information content (AvgIpc) is 2.58. The van der Waals surface area contributed by atoms with Crippen molar-refractivity contribution in [2.24, 2.45) is 0 Å². The molecule has 0 radical (unpaired) electrons. The molecule has 3 nitrogen and oxygen atoms in total. The van der Waals surface area contributed by atoms with Gasteiger partial charge in [-0.15, -0.1) is 0 Å². The summed E-state index contributed by atoms with van der Waals surface area (Å²) in [6, 6.07) is 0. The summed E-state index contributed by atoms with van der Waals surface area (Å²) in [4.78, 5) is 11.6.